The average Bonchev–Trinajstić information content (AvgIpc) is 3.25. The first-order valence-electron chi connectivity index (χ1n) is 8.76. The molecule has 0 bridgehead atoms. The van der Waals surface area contributed by atoms with Crippen LogP contribution in [0, 0.1) is 5.92 Å². The van der Waals surface area contributed by atoms with Crippen molar-refractivity contribution in [1.82, 2.24) is 15.0 Å². The highest BCUT2D eigenvalue weighted by molar-refractivity contribution is 5.87. The van der Waals surface area contributed by atoms with Crippen molar-refractivity contribution in [1.29, 1.82) is 0 Å². The van der Waals surface area contributed by atoms with Crippen molar-refractivity contribution in [2.24, 2.45) is 5.92 Å². The summed E-state index contributed by atoms with van der Waals surface area (Å²) in [6.07, 6.45) is 2.76. The largest absolute Gasteiger partial charge is 0.480 e. The Morgan fingerprint density at radius 3 is 2.78 bits per heavy atom. The summed E-state index contributed by atoms with van der Waals surface area (Å²) in [6, 6.07) is 5.42. The van der Waals surface area contributed by atoms with Gasteiger partial charge in [0, 0.05) is 23.5 Å². The number of hydrogen-bond acceptors (Lipinski definition) is 6. The highest BCUT2D eigenvalue weighted by Gasteiger charge is 2.50. The molecule has 8 nitrogen and oxygen atoms in total. The number of fused-ring (bicyclic) bond motifs is 1. The number of nitrogens with zero attached hydrogens (tertiary/aromatic N) is 1. The molecule has 3 N–H and O–H groups in total. The summed E-state index contributed by atoms with van der Waals surface area (Å²) in [4.78, 5) is 32.3. The Kier molecular flexibility index (Phi) is 4.26. The number of aliphatic hydroxyl groups is 1. The van der Waals surface area contributed by atoms with Crippen LogP contribution in [0.2, 0.25) is 0 Å². The minimum Gasteiger partial charge on any atom is -0.480 e. The second kappa shape index (κ2) is 6.49. The number of benzene rings is 1. The molecular weight excluding hydrogens is 350 g/mol. The Hall–Kier alpha value is -2.68. The highest BCUT2D eigenvalue weighted by Crippen LogP contribution is 2.42. The van der Waals surface area contributed by atoms with E-state index < -0.39 is 5.97 Å². The Morgan fingerprint density at radius 1 is 1.33 bits per heavy atom. The van der Waals surface area contributed by atoms with Gasteiger partial charge < -0.3 is 19.8 Å². The van der Waals surface area contributed by atoms with Gasteiger partial charge in [0.25, 0.3) is 5.56 Å². The third-order valence-electron chi connectivity index (χ3n) is 4.55. The SMILES string of the molecule is COc1nc(CC(C)C)c(=O)[nH]c1Cc1c[nH]c2cccc(C3(O)OO3)c12. The molecule has 0 unspecified atom stereocenters. The molecule has 0 aliphatic carbocycles. The molecule has 1 fully saturated rings. The van der Waals surface area contributed by atoms with Crippen molar-refractivity contribution in [2.45, 2.75) is 32.7 Å². The average molecular weight is 371 g/mol. The first-order valence-corrected chi connectivity index (χ1v) is 8.76. The lowest BCUT2D eigenvalue weighted by Gasteiger charge is -2.11. The number of ether oxygens (including phenoxy) is 1. The van der Waals surface area contributed by atoms with E-state index in [0.717, 1.165) is 16.5 Å². The number of aromatic amines is 2. The van der Waals surface area contributed by atoms with Gasteiger partial charge in [-0.15, -0.1) is 0 Å². The summed E-state index contributed by atoms with van der Waals surface area (Å²) in [5, 5.41) is 11.0. The fourth-order valence-electron chi connectivity index (χ4n) is 3.30. The van der Waals surface area contributed by atoms with Gasteiger partial charge in [-0.05, 0) is 30.0 Å². The molecule has 0 atom stereocenters. The molecule has 1 aliphatic heterocycles. The topological polar surface area (TPSA) is 116 Å². The van der Waals surface area contributed by atoms with E-state index in [1.165, 1.54) is 7.11 Å². The molecule has 0 radical (unpaired) electrons. The number of aromatic nitrogens is 3. The van der Waals surface area contributed by atoms with Crippen molar-refractivity contribution < 1.29 is 19.6 Å². The van der Waals surface area contributed by atoms with Crippen molar-refractivity contribution in [3.63, 3.8) is 0 Å². The van der Waals surface area contributed by atoms with Crippen LogP contribution in [0.4, 0.5) is 0 Å². The Morgan fingerprint density at radius 2 is 2.11 bits per heavy atom. The number of methoxy groups -OCH3 is 1. The maximum atomic E-state index is 12.4. The monoisotopic (exact) mass is 371 g/mol. The Labute approximate surface area is 155 Å². The summed E-state index contributed by atoms with van der Waals surface area (Å²) in [7, 11) is 1.53. The van der Waals surface area contributed by atoms with Gasteiger partial charge >= 0.3 is 5.97 Å². The molecule has 1 aromatic carbocycles. The van der Waals surface area contributed by atoms with E-state index in [4.69, 9.17) is 14.5 Å². The van der Waals surface area contributed by atoms with Crippen LogP contribution in [0.15, 0.2) is 29.2 Å². The van der Waals surface area contributed by atoms with Crippen LogP contribution in [0.5, 0.6) is 5.88 Å². The van der Waals surface area contributed by atoms with Gasteiger partial charge in [-0.3, -0.25) is 4.79 Å². The zero-order chi connectivity index (χ0) is 19.2. The van der Waals surface area contributed by atoms with Crippen molar-refractivity contribution in [3.05, 3.63) is 57.3 Å². The van der Waals surface area contributed by atoms with E-state index in [1.54, 1.807) is 12.1 Å². The van der Waals surface area contributed by atoms with E-state index in [2.05, 4.69) is 15.0 Å². The molecule has 4 rings (SSSR count). The molecule has 0 saturated carbocycles. The fraction of sp³-hybridized carbons (Fsp3) is 0.368. The van der Waals surface area contributed by atoms with Gasteiger partial charge in [-0.2, -0.15) is 9.78 Å². The van der Waals surface area contributed by atoms with Crippen LogP contribution in [-0.4, -0.2) is 27.2 Å². The van der Waals surface area contributed by atoms with Crippen molar-refractivity contribution in [3.8, 4) is 5.88 Å². The lowest BCUT2D eigenvalue weighted by molar-refractivity contribution is 0.0279. The number of H-pyrrole nitrogens is 2. The van der Waals surface area contributed by atoms with Crippen LogP contribution in [0.3, 0.4) is 0 Å². The van der Waals surface area contributed by atoms with Crippen LogP contribution in [0.25, 0.3) is 10.9 Å². The zero-order valence-corrected chi connectivity index (χ0v) is 15.3. The smallest absolute Gasteiger partial charge is 0.365 e. The normalized spacial score (nSPS) is 15.4. The van der Waals surface area contributed by atoms with Gasteiger partial charge in [0.15, 0.2) is 0 Å². The second-order valence-corrected chi connectivity index (χ2v) is 7.07. The van der Waals surface area contributed by atoms with E-state index in [-0.39, 0.29) is 5.56 Å². The zero-order valence-electron chi connectivity index (χ0n) is 15.3. The predicted octanol–water partition coefficient (Wildman–Crippen LogP) is 2.11. The van der Waals surface area contributed by atoms with Crippen molar-refractivity contribution >= 4 is 10.9 Å². The highest BCUT2D eigenvalue weighted by atomic mass is 17.4. The number of hydrogen-bond donors (Lipinski definition) is 3. The van der Waals surface area contributed by atoms with Gasteiger partial charge in [-0.1, -0.05) is 19.9 Å². The quantitative estimate of drug-likeness (QED) is 0.451. The molecule has 2 aromatic heterocycles. The lowest BCUT2D eigenvalue weighted by atomic mass is 10.0. The lowest BCUT2D eigenvalue weighted by Crippen LogP contribution is -2.20. The second-order valence-electron chi connectivity index (χ2n) is 7.07. The maximum Gasteiger partial charge on any atom is 0.365 e. The van der Waals surface area contributed by atoms with Gasteiger partial charge in [0.1, 0.15) is 5.69 Å². The molecule has 142 valence electrons. The molecule has 27 heavy (non-hydrogen) atoms. The summed E-state index contributed by atoms with van der Waals surface area (Å²) < 4.78 is 5.40. The molecule has 0 spiro atoms. The molecule has 3 aromatic rings. The fourth-order valence-corrected chi connectivity index (χ4v) is 3.30. The predicted molar refractivity (Wildman–Crippen MR) is 97.1 cm³/mol. The van der Waals surface area contributed by atoms with Gasteiger partial charge in [0.2, 0.25) is 5.88 Å². The Bertz CT molecular complexity index is 1050. The van der Waals surface area contributed by atoms with Gasteiger partial charge in [0.05, 0.1) is 18.4 Å². The maximum absolute atomic E-state index is 12.4. The van der Waals surface area contributed by atoms with Crippen LogP contribution >= 0.6 is 0 Å². The molecular formula is C19H21N3O5. The van der Waals surface area contributed by atoms with Crippen LogP contribution < -0.4 is 10.3 Å². The minimum atomic E-state index is -1.73. The summed E-state index contributed by atoms with van der Waals surface area (Å²) in [5.74, 6) is -1.04. The molecule has 1 aliphatic rings. The summed E-state index contributed by atoms with van der Waals surface area (Å²) in [6.45, 7) is 4.06. The van der Waals surface area contributed by atoms with E-state index in [0.29, 0.717) is 41.6 Å². The minimum absolute atomic E-state index is 0.216. The van der Waals surface area contributed by atoms with E-state index >= 15 is 0 Å². The van der Waals surface area contributed by atoms with Crippen LogP contribution in [-0.2, 0) is 28.6 Å². The first kappa shape index (κ1) is 17.7. The third kappa shape index (κ3) is 3.23. The molecule has 8 heteroatoms. The molecule has 0 amide bonds. The summed E-state index contributed by atoms with van der Waals surface area (Å²) >= 11 is 0. The standard InChI is InChI=1S/C19H21N3O5/c1-10(2)7-14-17(23)21-15(18(22-14)25-3)8-11-9-20-13-6-4-5-12(16(11)13)19(24)26-27-19/h4-6,9-10,20,24H,7-8H2,1-3H3,(H,21,23). The van der Waals surface area contributed by atoms with E-state index in [9.17, 15) is 9.90 Å². The van der Waals surface area contributed by atoms with Crippen molar-refractivity contribution in [2.75, 3.05) is 7.11 Å². The number of rotatable bonds is 6. The molecule has 3 heterocycles. The summed E-state index contributed by atoms with van der Waals surface area (Å²) in [5.41, 5.74) is 2.98. The first-order chi connectivity index (χ1) is 12.9. The third-order valence-corrected chi connectivity index (χ3v) is 4.55. The van der Waals surface area contributed by atoms with Crippen LogP contribution in [0.1, 0.15) is 36.4 Å². The number of nitrogens with one attached hydrogen (secondary N) is 2. The van der Waals surface area contributed by atoms with Gasteiger partial charge in [-0.25, -0.2) is 4.98 Å². The van der Waals surface area contributed by atoms with E-state index in [1.807, 2.05) is 26.1 Å². The Balaban J connectivity index is 1.77. The molecule has 1 saturated heterocycles.